The van der Waals surface area contributed by atoms with Crippen molar-refractivity contribution < 1.29 is 17.9 Å². The maximum Gasteiger partial charge on any atom is 0.433 e. The molecule has 2 nitrogen and oxygen atoms in total. The minimum atomic E-state index is -4.48. The number of rotatable bonds is 4. The molecular weight excluding hydrogens is 315 g/mol. The lowest BCUT2D eigenvalue weighted by molar-refractivity contribution is -0.141. The zero-order valence-corrected chi connectivity index (χ0v) is 12.6. The van der Waals surface area contributed by atoms with Crippen molar-refractivity contribution in [2.45, 2.75) is 12.8 Å². The number of ether oxygens (including phenoxy) is 1. The van der Waals surface area contributed by atoms with Crippen LogP contribution in [0.4, 0.5) is 13.2 Å². The molecule has 0 spiro atoms. The number of nitrogens with zero attached hydrogens (tertiary/aromatic N) is 1. The highest BCUT2D eigenvalue weighted by Crippen LogP contribution is 2.28. The van der Waals surface area contributed by atoms with Gasteiger partial charge in [0, 0.05) is 6.07 Å². The number of alkyl halides is 3. The molecule has 0 saturated heterocycles. The van der Waals surface area contributed by atoms with Crippen LogP contribution < -0.4 is 4.74 Å². The normalized spacial score (nSPS) is 11.3. The van der Waals surface area contributed by atoms with Crippen LogP contribution in [-0.2, 0) is 12.8 Å². The number of benzene rings is 2. The fraction of sp³-hybridized carbons (Fsp3) is 0.105. The lowest BCUT2D eigenvalue weighted by Crippen LogP contribution is -2.08. The first-order valence-corrected chi connectivity index (χ1v) is 7.34. The summed E-state index contributed by atoms with van der Waals surface area (Å²) < 4.78 is 43.2. The maximum atomic E-state index is 12.6. The number of pyridine rings is 1. The Morgan fingerprint density at radius 2 is 1.42 bits per heavy atom. The van der Waals surface area contributed by atoms with E-state index in [9.17, 15) is 13.2 Å². The smallest absolute Gasteiger partial charge is 0.433 e. The molecule has 0 radical (unpaired) electrons. The zero-order chi connectivity index (χ0) is 17.0. The predicted molar refractivity (Wildman–Crippen MR) is 85.4 cm³/mol. The van der Waals surface area contributed by atoms with Gasteiger partial charge < -0.3 is 4.74 Å². The second-order valence-electron chi connectivity index (χ2n) is 5.21. The van der Waals surface area contributed by atoms with Crippen LogP contribution in [0.5, 0.6) is 5.88 Å². The largest absolute Gasteiger partial charge is 0.473 e. The van der Waals surface area contributed by atoms with Crippen LogP contribution in [0.2, 0.25) is 0 Å². The molecule has 0 bridgehead atoms. The van der Waals surface area contributed by atoms with Gasteiger partial charge in [0.15, 0.2) is 0 Å². The van der Waals surface area contributed by atoms with Crippen molar-refractivity contribution in [3.05, 3.63) is 84.1 Å². The van der Waals surface area contributed by atoms with Gasteiger partial charge in [-0.15, -0.1) is 0 Å². The Kier molecular flexibility index (Phi) is 4.51. The van der Waals surface area contributed by atoms with Crippen molar-refractivity contribution >= 4 is 0 Å². The molecule has 3 aromatic rings. The summed E-state index contributed by atoms with van der Waals surface area (Å²) in [5.41, 5.74) is 2.06. The molecule has 122 valence electrons. The van der Waals surface area contributed by atoms with Gasteiger partial charge in [-0.2, -0.15) is 13.2 Å². The molecular formula is C19H14F3NO. The summed E-state index contributed by atoms with van der Waals surface area (Å²) in [6, 6.07) is 21.2. The molecule has 3 rings (SSSR count). The second kappa shape index (κ2) is 6.74. The fourth-order valence-corrected chi connectivity index (χ4v) is 2.23. The highest BCUT2D eigenvalue weighted by molar-refractivity contribution is 5.63. The SMILES string of the molecule is FC(F)(F)c1cccc(OCc2ccc(-c3ccccc3)cc2)n1. The van der Waals surface area contributed by atoms with Crippen LogP contribution in [0.1, 0.15) is 11.3 Å². The van der Waals surface area contributed by atoms with E-state index in [1.54, 1.807) is 0 Å². The molecule has 24 heavy (non-hydrogen) atoms. The van der Waals surface area contributed by atoms with Crippen LogP contribution >= 0.6 is 0 Å². The maximum absolute atomic E-state index is 12.6. The van der Waals surface area contributed by atoms with E-state index >= 15 is 0 Å². The van der Waals surface area contributed by atoms with Gasteiger partial charge in [-0.3, -0.25) is 0 Å². The van der Waals surface area contributed by atoms with Gasteiger partial charge in [0.2, 0.25) is 5.88 Å². The van der Waals surface area contributed by atoms with E-state index in [-0.39, 0.29) is 12.5 Å². The third kappa shape index (κ3) is 3.93. The van der Waals surface area contributed by atoms with E-state index in [1.807, 2.05) is 54.6 Å². The van der Waals surface area contributed by atoms with E-state index in [2.05, 4.69) is 4.98 Å². The number of aromatic nitrogens is 1. The molecule has 0 atom stereocenters. The van der Waals surface area contributed by atoms with Crippen molar-refractivity contribution in [2.75, 3.05) is 0 Å². The third-order valence-electron chi connectivity index (χ3n) is 3.46. The van der Waals surface area contributed by atoms with Crippen LogP contribution in [-0.4, -0.2) is 4.98 Å². The fourth-order valence-electron chi connectivity index (χ4n) is 2.23. The molecule has 1 aromatic heterocycles. The summed E-state index contributed by atoms with van der Waals surface area (Å²) in [7, 11) is 0. The van der Waals surface area contributed by atoms with E-state index in [4.69, 9.17) is 4.74 Å². The average molecular weight is 329 g/mol. The predicted octanol–water partition coefficient (Wildman–Crippen LogP) is 5.35. The number of hydrogen-bond donors (Lipinski definition) is 0. The van der Waals surface area contributed by atoms with E-state index in [0.717, 1.165) is 22.8 Å². The summed E-state index contributed by atoms with van der Waals surface area (Å²) in [6.07, 6.45) is -4.48. The first-order valence-electron chi connectivity index (χ1n) is 7.34. The molecule has 1 heterocycles. The lowest BCUT2D eigenvalue weighted by atomic mass is 10.0. The summed E-state index contributed by atoms with van der Waals surface area (Å²) in [4.78, 5) is 3.48. The van der Waals surface area contributed by atoms with Crippen LogP contribution in [0, 0.1) is 0 Å². The highest BCUT2D eigenvalue weighted by atomic mass is 19.4. The van der Waals surface area contributed by atoms with Crippen molar-refractivity contribution in [3.8, 4) is 17.0 Å². The summed E-state index contributed by atoms with van der Waals surface area (Å²) in [6.45, 7) is 0.156. The first kappa shape index (κ1) is 16.1. The Morgan fingerprint density at radius 1 is 0.750 bits per heavy atom. The van der Waals surface area contributed by atoms with Gasteiger partial charge in [-0.05, 0) is 22.8 Å². The van der Waals surface area contributed by atoms with Crippen molar-refractivity contribution in [2.24, 2.45) is 0 Å². The Morgan fingerprint density at radius 3 is 2.08 bits per heavy atom. The molecule has 0 aliphatic heterocycles. The van der Waals surface area contributed by atoms with Gasteiger partial charge in [-0.1, -0.05) is 60.7 Å². The molecule has 0 saturated carbocycles. The third-order valence-corrected chi connectivity index (χ3v) is 3.46. The van der Waals surface area contributed by atoms with Gasteiger partial charge in [0.1, 0.15) is 12.3 Å². The van der Waals surface area contributed by atoms with E-state index in [0.29, 0.717) is 0 Å². The summed E-state index contributed by atoms with van der Waals surface area (Å²) in [5, 5.41) is 0. The van der Waals surface area contributed by atoms with Gasteiger partial charge in [-0.25, -0.2) is 4.98 Å². The Labute approximate surface area is 137 Å². The van der Waals surface area contributed by atoms with Crippen molar-refractivity contribution in [3.63, 3.8) is 0 Å². The van der Waals surface area contributed by atoms with Crippen LogP contribution in [0.25, 0.3) is 11.1 Å². The highest BCUT2D eigenvalue weighted by Gasteiger charge is 2.32. The molecule has 2 aromatic carbocycles. The quantitative estimate of drug-likeness (QED) is 0.644. The molecule has 0 aliphatic rings. The molecule has 0 amide bonds. The monoisotopic (exact) mass is 329 g/mol. The van der Waals surface area contributed by atoms with Gasteiger partial charge >= 0.3 is 6.18 Å². The topological polar surface area (TPSA) is 22.1 Å². The Bertz CT molecular complexity index is 799. The summed E-state index contributed by atoms with van der Waals surface area (Å²) in [5.74, 6) is -0.0445. The minimum absolute atomic E-state index is 0.0445. The average Bonchev–Trinajstić information content (AvgIpc) is 2.61. The molecule has 0 aliphatic carbocycles. The Balaban J connectivity index is 1.67. The molecule has 5 heteroatoms. The Hall–Kier alpha value is -2.82. The number of hydrogen-bond acceptors (Lipinski definition) is 2. The van der Waals surface area contributed by atoms with Gasteiger partial charge in [0.05, 0.1) is 0 Å². The van der Waals surface area contributed by atoms with Crippen LogP contribution in [0.15, 0.2) is 72.8 Å². The second-order valence-corrected chi connectivity index (χ2v) is 5.21. The number of halogens is 3. The van der Waals surface area contributed by atoms with E-state index in [1.165, 1.54) is 12.1 Å². The van der Waals surface area contributed by atoms with Gasteiger partial charge in [0.25, 0.3) is 0 Å². The van der Waals surface area contributed by atoms with Crippen molar-refractivity contribution in [1.82, 2.24) is 4.98 Å². The molecule has 0 N–H and O–H groups in total. The van der Waals surface area contributed by atoms with Crippen molar-refractivity contribution in [1.29, 1.82) is 0 Å². The summed E-state index contributed by atoms with van der Waals surface area (Å²) >= 11 is 0. The van der Waals surface area contributed by atoms with Crippen LogP contribution in [0.3, 0.4) is 0 Å². The van der Waals surface area contributed by atoms with E-state index < -0.39 is 11.9 Å². The lowest BCUT2D eigenvalue weighted by Gasteiger charge is -2.09. The standard InChI is InChI=1S/C19H14F3NO/c20-19(21,22)17-7-4-8-18(23-17)24-13-14-9-11-16(12-10-14)15-5-2-1-3-6-15/h1-12H,13H2. The molecule has 0 unspecified atom stereocenters. The first-order chi connectivity index (χ1) is 11.5. The zero-order valence-electron chi connectivity index (χ0n) is 12.6. The molecule has 0 fully saturated rings. The minimum Gasteiger partial charge on any atom is -0.473 e.